The average molecular weight is 475 g/mol. The molecule has 10 heteroatoms. The molecule has 34 heavy (non-hydrogen) atoms. The van der Waals surface area contributed by atoms with Crippen molar-refractivity contribution >= 4 is 28.6 Å². The fourth-order valence-corrected chi connectivity index (χ4v) is 3.60. The zero-order chi connectivity index (χ0) is 24.7. The summed E-state index contributed by atoms with van der Waals surface area (Å²) in [4.78, 5) is 15.7. The first-order valence-corrected chi connectivity index (χ1v) is 10.1. The number of anilines is 2. The van der Waals surface area contributed by atoms with Gasteiger partial charge in [-0.15, -0.1) is 0 Å². The number of nitrogens with one attached hydrogen (secondary N) is 1. The number of carboxylic acids is 1. The number of alkyl halides is 5. The first-order chi connectivity index (χ1) is 15.9. The molecule has 0 aliphatic rings. The van der Waals surface area contributed by atoms with Crippen molar-refractivity contribution in [3.63, 3.8) is 0 Å². The normalized spacial score (nSPS) is 12.2. The molecule has 0 atom stereocenters. The molecule has 0 fully saturated rings. The lowest BCUT2D eigenvalue weighted by Gasteiger charge is -2.16. The summed E-state index contributed by atoms with van der Waals surface area (Å²) in [5.74, 6) is -4.07. The van der Waals surface area contributed by atoms with Gasteiger partial charge in [0.15, 0.2) is 0 Å². The molecule has 0 saturated heterocycles. The third kappa shape index (κ3) is 4.70. The minimum absolute atomic E-state index is 0.0133. The summed E-state index contributed by atoms with van der Waals surface area (Å²) in [5, 5.41) is 12.2. The second kappa shape index (κ2) is 8.44. The van der Waals surface area contributed by atoms with Gasteiger partial charge in [0.2, 0.25) is 5.95 Å². The van der Waals surface area contributed by atoms with Crippen LogP contribution in [0.3, 0.4) is 0 Å². The first-order valence-electron chi connectivity index (χ1n) is 10.1. The van der Waals surface area contributed by atoms with Crippen LogP contribution in [0.5, 0.6) is 0 Å². The van der Waals surface area contributed by atoms with Crippen molar-refractivity contribution in [3.8, 4) is 0 Å². The Morgan fingerprint density at radius 2 is 1.68 bits per heavy atom. The summed E-state index contributed by atoms with van der Waals surface area (Å²) >= 11 is 0. The number of imidazole rings is 1. The van der Waals surface area contributed by atoms with Gasteiger partial charge < -0.3 is 15.0 Å². The molecule has 0 radical (unpaired) electrons. The average Bonchev–Trinajstić information content (AvgIpc) is 3.09. The van der Waals surface area contributed by atoms with Crippen LogP contribution in [-0.2, 0) is 18.6 Å². The molecule has 176 valence electrons. The Balaban J connectivity index is 1.80. The van der Waals surface area contributed by atoms with Crippen molar-refractivity contribution in [1.82, 2.24) is 9.55 Å². The van der Waals surface area contributed by atoms with Crippen molar-refractivity contribution < 1.29 is 31.9 Å². The van der Waals surface area contributed by atoms with Gasteiger partial charge in [0.25, 0.3) is 5.92 Å². The van der Waals surface area contributed by atoms with Gasteiger partial charge >= 0.3 is 12.1 Å². The van der Waals surface area contributed by atoms with E-state index in [0.29, 0.717) is 11.2 Å². The van der Waals surface area contributed by atoms with Crippen LogP contribution in [0.1, 0.15) is 34.0 Å². The minimum atomic E-state index is -4.57. The molecule has 0 unspecified atom stereocenters. The third-order valence-electron chi connectivity index (χ3n) is 5.29. The van der Waals surface area contributed by atoms with Crippen LogP contribution in [0.2, 0.25) is 0 Å². The van der Waals surface area contributed by atoms with Crippen molar-refractivity contribution in [3.05, 3.63) is 89.0 Å². The molecule has 0 spiro atoms. The van der Waals surface area contributed by atoms with E-state index in [1.807, 2.05) is 0 Å². The Labute approximate surface area is 190 Å². The number of hydrogen-bond donors (Lipinski definition) is 2. The maximum atomic E-state index is 13.5. The molecule has 0 bridgehead atoms. The van der Waals surface area contributed by atoms with E-state index in [1.54, 1.807) is 0 Å². The second-order valence-electron chi connectivity index (χ2n) is 7.78. The number of hydrogen-bond acceptors (Lipinski definition) is 3. The molecule has 4 rings (SSSR count). The molecule has 0 amide bonds. The number of carbonyl (C=O) groups is 1. The van der Waals surface area contributed by atoms with Crippen LogP contribution in [0, 0.1) is 0 Å². The number of carboxylic acid groups (broad SMARTS) is 1. The smallest absolute Gasteiger partial charge is 0.416 e. The topological polar surface area (TPSA) is 67.2 Å². The molecular formula is C24H18F5N3O2. The summed E-state index contributed by atoms with van der Waals surface area (Å²) in [6.45, 7) is 0.555. The van der Waals surface area contributed by atoms with Crippen LogP contribution in [-0.4, -0.2) is 20.6 Å². The van der Waals surface area contributed by atoms with E-state index < -0.39 is 23.6 Å². The highest BCUT2D eigenvalue weighted by Gasteiger charge is 2.33. The quantitative estimate of drug-likeness (QED) is 0.306. The van der Waals surface area contributed by atoms with E-state index in [-0.39, 0.29) is 34.7 Å². The fourth-order valence-electron chi connectivity index (χ4n) is 3.60. The van der Waals surface area contributed by atoms with Gasteiger partial charge in [-0.3, -0.25) is 0 Å². The predicted molar refractivity (Wildman–Crippen MR) is 117 cm³/mol. The Kier molecular flexibility index (Phi) is 5.76. The van der Waals surface area contributed by atoms with Gasteiger partial charge in [-0.1, -0.05) is 30.3 Å². The molecule has 3 aromatic carbocycles. The van der Waals surface area contributed by atoms with Gasteiger partial charge in [-0.05, 0) is 42.0 Å². The second-order valence-corrected chi connectivity index (χ2v) is 7.78. The Morgan fingerprint density at radius 3 is 2.29 bits per heavy atom. The SMILES string of the molecule is CC(F)(F)c1ccc(Nc2nc3cc(C(=O)O)ccc3n2Cc2ccccc2C(F)(F)F)cc1. The molecule has 4 aromatic rings. The highest BCUT2D eigenvalue weighted by Crippen LogP contribution is 2.34. The van der Waals surface area contributed by atoms with Crippen molar-refractivity contribution in [2.45, 2.75) is 25.6 Å². The van der Waals surface area contributed by atoms with E-state index in [1.165, 1.54) is 65.2 Å². The number of aromatic nitrogens is 2. The number of benzene rings is 3. The number of halogens is 5. The van der Waals surface area contributed by atoms with E-state index in [4.69, 9.17) is 0 Å². The lowest BCUT2D eigenvalue weighted by Crippen LogP contribution is -2.13. The lowest BCUT2D eigenvalue weighted by molar-refractivity contribution is -0.138. The summed E-state index contributed by atoms with van der Waals surface area (Å²) < 4.78 is 69.2. The molecule has 5 nitrogen and oxygen atoms in total. The third-order valence-corrected chi connectivity index (χ3v) is 5.29. The molecule has 0 aliphatic carbocycles. The summed E-state index contributed by atoms with van der Waals surface area (Å²) in [6, 6.07) is 14.5. The van der Waals surface area contributed by atoms with Gasteiger partial charge in [0.1, 0.15) is 0 Å². The van der Waals surface area contributed by atoms with Gasteiger partial charge in [0.05, 0.1) is 28.7 Å². The fraction of sp³-hybridized carbons (Fsp3) is 0.167. The molecule has 2 N–H and O–H groups in total. The van der Waals surface area contributed by atoms with E-state index in [0.717, 1.165) is 13.0 Å². The number of nitrogens with zero attached hydrogens (tertiary/aromatic N) is 2. The Hall–Kier alpha value is -3.95. The maximum absolute atomic E-state index is 13.5. The van der Waals surface area contributed by atoms with Gasteiger partial charge in [-0.25, -0.2) is 18.6 Å². The van der Waals surface area contributed by atoms with Crippen molar-refractivity contribution in [2.24, 2.45) is 0 Å². The number of aromatic carboxylic acids is 1. The number of rotatable bonds is 6. The van der Waals surface area contributed by atoms with Crippen molar-refractivity contribution in [2.75, 3.05) is 5.32 Å². The monoisotopic (exact) mass is 475 g/mol. The zero-order valence-electron chi connectivity index (χ0n) is 17.7. The van der Waals surface area contributed by atoms with Gasteiger partial charge in [-0.2, -0.15) is 13.2 Å². The highest BCUT2D eigenvalue weighted by molar-refractivity contribution is 5.93. The Morgan fingerprint density at radius 1 is 1.00 bits per heavy atom. The summed E-state index contributed by atoms with van der Waals surface area (Å²) in [6.07, 6.45) is -4.57. The molecule has 0 saturated carbocycles. The summed E-state index contributed by atoms with van der Waals surface area (Å²) in [7, 11) is 0. The standard InChI is InChI=1S/C24H18F5N3O2/c1-23(25,26)16-7-9-17(10-8-16)30-22-31-19-12-14(21(33)34)6-11-20(19)32(22)13-15-4-2-3-5-18(15)24(27,28)29/h2-12H,13H2,1H3,(H,30,31)(H,33,34). The van der Waals surface area contributed by atoms with Crippen molar-refractivity contribution in [1.29, 1.82) is 0 Å². The summed E-state index contributed by atoms with van der Waals surface area (Å²) in [5.41, 5.74) is -0.0114. The van der Waals surface area contributed by atoms with Crippen LogP contribution < -0.4 is 5.32 Å². The molecule has 0 aliphatic heterocycles. The van der Waals surface area contributed by atoms with E-state index >= 15 is 0 Å². The van der Waals surface area contributed by atoms with E-state index in [9.17, 15) is 31.9 Å². The van der Waals surface area contributed by atoms with Gasteiger partial charge in [0, 0.05) is 18.2 Å². The van der Waals surface area contributed by atoms with Crippen LogP contribution in [0.4, 0.5) is 33.6 Å². The largest absolute Gasteiger partial charge is 0.478 e. The zero-order valence-corrected chi connectivity index (χ0v) is 17.7. The van der Waals surface area contributed by atoms with Crippen LogP contribution in [0.15, 0.2) is 66.7 Å². The lowest BCUT2D eigenvalue weighted by atomic mass is 10.1. The number of fused-ring (bicyclic) bond motifs is 1. The highest BCUT2D eigenvalue weighted by atomic mass is 19.4. The minimum Gasteiger partial charge on any atom is -0.478 e. The molecular weight excluding hydrogens is 457 g/mol. The maximum Gasteiger partial charge on any atom is 0.416 e. The van der Waals surface area contributed by atoms with Crippen LogP contribution >= 0.6 is 0 Å². The van der Waals surface area contributed by atoms with Crippen LogP contribution in [0.25, 0.3) is 11.0 Å². The molecule has 1 heterocycles. The first kappa shape index (κ1) is 23.2. The predicted octanol–water partition coefficient (Wildman–Crippen LogP) is 6.66. The van der Waals surface area contributed by atoms with E-state index in [2.05, 4.69) is 10.3 Å². The molecule has 1 aromatic heterocycles. The Bertz CT molecular complexity index is 1360.